The summed E-state index contributed by atoms with van der Waals surface area (Å²) in [5.74, 6) is 2.60. The summed E-state index contributed by atoms with van der Waals surface area (Å²) in [5, 5.41) is 6.91. The summed E-state index contributed by atoms with van der Waals surface area (Å²) < 4.78 is 15.7. The molecule has 1 N–H and O–H groups in total. The van der Waals surface area contributed by atoms with Crippen LogP contribution in [0.25, 0.3) is 0 Å². The van der Waals surface area contributed by atoms with Gasteiger partial charge in [0, 0.05) is 30.3 Å². The number of hydrogen-bond donors (Lipinski definition) is 1. The van der Waals surface area contributed by atoms with E-state index >= 15 is 0 Å². The summed E-state index contributed by atoms with van der Waals surface area (Å²) in [5.41, 5.74) is 2.64. The number of ether oxygens (including phenoxy) is 2. The van der Waals surface area contributed by atoms with Crippen molar-refractivity contribution in [3.05, 3.63) is 56.2 Å². The molecule has 0 amide bonds. The minimum atomic E-state index is 0.769. The first kappa shape index (κ1) is 19.2. The Kier molecular flexibility index (Phi) is 5.52. The molecule has 148 valence electrons. The molecule has 6 nitrogen and oxygen atoms in total. The molecule has 0 saturated heterocycles. The molecule has 2 aromatic heterocycles. The first-order chi connectivity index (χ1) is 13.6. The maximum atomic E-state index is 5.65. The zero-order valence-corrected chi connectivity index (χ0v) is 18.0. The third-order valence-electron chi connectivity index (χ3n) is 5.31. The maximum absolute atomic E-state index is 5.65. The summed E-state index contributed by atoms with van der Waals surface area (Å²) in [6, 6.07) is 8.43. The van der Waals surface area contributed by atoms with Crippen molar-refractivity contribution in [3.8, 4) is 11.5 Å². The number of aromatic nitrogens is 3. The number of fused-ring (bicyclic) bond motifs is 1. The fourth-order valence-corrected chi connectivity index (χ4v) is 4.65. The Balaban J connectivity index is 1.52. The third kappa shape index (κ3) is 3.72. The van der Waals surface area contributed by atoms with Crippen LogP contribution in [0.4, 0.5) is 0 Å². The molecular weight excluding hydrogens is 392 g/mol. The summed E-state index contributed by atoms with van der Waals surface area (Å²) in [6.07, 6.45) is 1.83. The Morgan fingerprint density at radius 2 is 1.96 bits per heavy atom. The molecule has 3 heterocycles. The second-order valence-corrected chi connectivity index (χ2v) is 8.47. The van der Waals surface area contributed by atoms with Crippen molar-refractivity contribution in [3.63, 3.8) is 0 Å². The summed E-state index contributed by atoms with van der Waals surface area (Å²) in [4.78, 5) is 2.74. The van der Waals surface area contributed by atoms with Gasteiger partial charge in [0.05, 0.1) is 20.8 Å². The van der Waals surface area contributed by atoms with E-state index in [9.17, 15) is 0 Å². The number of nitrogens with zero attached hydrogens (tertiary/aromatic N) is 3. The maximum Gasteiger partial charge on any atom is 0.202 e. The second-order valence-electron chi connectivity index (χ2n) is 7.07. The molecule has 4 rings (SSSR count). The summed E-state index contributed by atoms with van der Waals surface area (Å²) >= 11 is 7.40. The van der Waals surface area contributed by atoms with Crippen LogP contribution in [0, 0.1) is 4.77 Å². The summed E-state index contributed by atoms with van der Waals surface area (Å²) in [6.45, 7) is 2.74. The zero-order valence-electron chi connectivity index (χ0n) is 16.4. The fourth-order valence-electron chi connectivity index (χ4n) is 3.74. The van der Waals surface area contributed by atoms with Gasteiger partial charge in [-0.1, -0.05) is 6.07 Å². The van der Waals surface area contributed by atoms with Crippen molar-refractivity contribution in [2.45, 2.75) is 26.1 Å². The average molecular weight is 418 g/mol. The molecule has 0 fully saturated rings. The molecule has 0 bridgehead atoms. The largest absolute Gasteiger partial charge is 0.493 e. The molecule has 1 unspecified atom stereocenters. The highest BCUT2D eigenvalue weighted by Gasteiger charge is 2.23. The quantitative estimate of drug-likeness (QED) is 0.625. The lowest BCUT2D eigenvalue weighted by Crippen LogP contribution is -3.11. The molecule has 0 radical (unpaired) electrons. The van der Waals surface area contributed by atoms with Crippen LogP contribution in [0.1, 0.15) is 21.8 Å². The Morgan fingerprint density at radius 3 is 2.64 bits per heavy atom. The topological polar surface area (TPSA) is 45.6 Å². The highest BCUT2D eigenvalue weighted by molar-refractivity contribution is 7.71. The highest BCUT2D eigenvalue weighted by atomic mass is 32.1. The van der Waals surface area contributed by atoms with E-state index in [1.165, 1.54) is 20.9 Å². The molecule has 1 atom stereocenters. The molecule has 1 aliphatic heterocycles. The number of thiophene rings is 1. The Bertz CT molecular complexity index is 1020. The van der Waals surface area contributed by atoms with Gasteiger partial charge in [0.2, 0.25) is 4.77 Å². The van der Waals surface area contributed by atoms with Crippen molar-refractivity contribution in [1.82, 2.24) is 14.3 Å². The van der Waals surface area contributed by atoms with Crippen LogP contribution in [0.3, 0.4) is 0 Å². The number of rotatable bonds is 6. The molecule has 0 saturated carbocycles. The molecule has 0 spiro atoms. The van der Waals surface area contributed by atoms with E-state index in [-0.39, 0.29) is 0 Å². The average Bonchev–Trinajstić information content (AvgIpc) is 3.31. The van der Waals surface area contributed by atoms with Crippen LogP contribution in [-0.2, 0) is 33.1 Å². The van der Waals surface area contributed by atoms with E-state index in [0.717, 1.165) is 54.7 Å². The van der Waals surface area contributed by atoms with Gasteiger partial charge in [-0.2, -0.15) is 9.78 Å². The lowest BCUT2D eigenvalue weighted by molar-refractivity contribution is -0.939. The zero-order chi connectivity index (χ0) is 19.7. The van der Waals surface area contributed by atoms with Crippen LogP contribution >= 0.6 is 23.6 Å². The molecule has 8 heteroatoms. The standard InChI is InChI=1S/C20H24N4O2S2/c1-22-19(11-16-5-4-8-28-16)21-24(20(22)27)13-23-7-6-14-9-17(25-2)18(26-3)10-15(14)12-23/h4-5,8-10H,6-7,11-13H2,1-3H3/p+1. The van der Waals surface area contributed by atoms with E-state index in [0.29, 0.717) is 0 Å². The van der Waals surface area contributed by atoms with Crippen molar-refractivity contribution >= 4 is 23.6 Å². The Morgan fingerprint density at radius 1 is 1.21 bits per heavy atom. The number of methoxy groups -OCH3 is 2. The number of benzene rings is 1. The van der Waals surface area contributed by atoms with Crippen molar-refractivity contribution in [2.75, 3.05) is 20.8 Å². The van der Waals surface area contributed by atoms with E-state index in [2.05, 4.69) is 29.6 Å². The van der Waals surface area contributed by atoms with Crippen LogP contribution in [0.15, 0.2) is 29.6 Å². The molecule has 3 aromatic rings. The monoisotopic (exact) mass is 417 g/mol. The number of nitrogens with one attached hydrogen (secondary N) is 1. The molecule has 28 heavy (non-hydrogen) atoms. The smallest absolute Gasteiger partial charge is 0.202 e. The highest BCUT2D eigenvalue weighted by Crippen LogP contribution is 2.31. The predicted molar refractivity (Wildman–Crippen MR) is 112 cm³/mol. The predicted octanol–water partition coefficient (Wildman–Crippen LogP) is 2.22. The van der Waals surface area contributed by atoms with Gasteiger partial charge in [0.25, 0.3) is 0 Å². The van der Waals surface area contributed by atoms with E-state index < -0.39 is 0 Å². The normalized spacial score (nSPS) is 16.0. The summed E-state index contributed by atoms with van der Waals surface area (Å²) in [7, 11) is 5.37. The number of quaternary nitrogens is 1. The van der Waals surface area contributed by atoms with E-state index in [1.807, 2.05) is 16.3 Å². The first-order valence-electron chi connectivity index (χ1n) is 9.31. The van der Waals surface area contributed by atoms with Gasteiger partial charge in [-0.15, -0.1) is 11.3 Å². The Hall–Kier alpha value is -2.16. The van der Waals surface area contributed by atoms with Gasteiger partial charge in [0.15, 0.2) is 18.2 Å². The molecule has 1 aromatic carbocycles. The van der Waals surface area contributed by atoms with Gasteiger partial charge in [0.1, 0.15) is 12.4 Å². The van der Waals surface area contributed by atoms with Crippen LogP contribution in [0.5, 0.6) is 11.5 Å². The van der Waals surface area contributed by atoms with Gasteiger partial charge in [-0.05, 0) is 41.4 Å². The minimum Gasteiger partial charge on any atom is -0.493 e. The third-order valence-corrected chi connectivity index (χ3v) is 6.67. The Labute approximate surface area is 173 Å². The van der Waals surface area contributed by atoms with E-state index in [1.54, 1.807) is 25.6 Å². The SMILES string of the molecule is COc1cc2c(cc1OC)C[NH+](Cn1nc(Cc3cccs3)n(C)c1=S)CC2. The van der Waals surface area contributed by atoms with Crippen molar-refractivity contribution < 1.29 is 14.4 Å². The first-order valence-corrected chi connectivity index (χ1v) is 10.6. The van der Waals surface area contributed by atoms with Crippen LogP contribution in [0.2, 0.25) is 0 Å². The van der Waals surface area contributed by atoms with E-state index in [4.69, 9.17) is 26.8 Å². The minimum absolute atomic E-state index is 0.769. The lowest BCUT2D eigenvalue weighted by Gasteiger charge is -2.26. The van der Waals surface area contributed by atoms with Crippen molar-refractivity contribution in [1.29, 1.82) is 0 Å². The van der Waals surface area contributed by atoms with Crippen LogP contribution < -0.4 is 14.4 Å². The molecular formula is C20H25N4O2S2+. The van der Waals surface area contributed by atoms with Gasteiger partial charge < -0.3 is 18.9 Å². The van der Waals surface area contributed by atoms with Gasteiger partial charge in [-0.3, -0.25) is 0 Å². The molecule has 1 aliphatic rings. The van der Waals surface area contributed by atoms with Gasteiger partial charge in [-0.25, -0.2) is 0 Å². The second kappa shape index (κ2) is 8.06. The van der Waals surface area contributed by atoms with Gasteiger partial charge >= 0.3 is 0 Å². The number of hydrogen-bond acceptors (Lipinski definition) is 5. The van der Waals surface area contributed by atoms with Crippen molar-refractivity contribution in [2.24, 2.45) is 7.05 Å². The van der Waals surface area contributed by atoms with Crippen LogP contribution in [-0.4, -0.2) is 35.1 Å². The molecule has 0 aliphatic carbocycles. The lowest BCUT2D eigenvalue weighted by atomic mass is 9.99. The fraction of sp³-hybridized carbons (Fsp3) is 0.400.